The number of hydrogen-bond acceptors (Lipinski definition) is 2. The van der Waals surface area contributed by atoms with E-state index in [2.05, 4.69) is 35.6 Å². The maximum Gasteiger partial charge on any atom is 0.223 e. The second-order valence-corrected chi connectivity index (χ2v) is 6.09. The third-order valence-corrected chi connectivity index (χ3v) is 4.45. The van der Waals surface area contributed by atoms with Crippen molar-refractivity contribution in [1.29, 1.82) is 0 Å². The minimum Gasteiger partial charge on any atom is -0.385 e. The fourth-order valence-electron chi connectivity index (χ4n) is 3.27. The molecular weight excluding hydrogens is 284 g/mol. The number of nitrogens with zero attached hydrogens (tertiary/aromatic N) is 1. The van der Waals surface area contributed by atoms with E-state index in [1.54, 1.807) is 6.92 Å². The number of benzene rings is 2. The molecule has 0 atom stereocenters. The number of aryl methyl sites for hydroxylation is 2. The van der Waals surface area contributed by atoms with Gasteiger partial charge in [0.2, 0.25) is 5.91 Å². The lowest BCUT2D eigenvalue weighted by molar-refractivity contribution is -0.116. The molecule has 3 heteroatoms. The highest BCUT2D eigenvalue weighted by Crippen LogP contribution is 2.26. The summed E-state index contributed by atoms with van der Waals surface area (Å²) in [6.45, 7) is 3.63. The Labute approximate surface area is 138 Å². The zero-order valence-electron chi connectivity index (χ0n) is 13.7. The minimum absolute atomic E-state index is 0.146. The highest BCUT2D eigenvalue weighted by Gasteiger charge is 2.18. The van der Waals surface area contributed by atoms with Gasteiger partial charge in [0.1, 0.15) is 0 Å². The van der Waals surface area contributed by atoms with E-state index in [9.17, 15) is 4.79 Å². The number of fused-ring (bicyclic) bond motifs is 2. The van der Waals surface area contributed by atoms with Gasteiger partial charge in [0, 0.05) is 31.4 Å². The van der Waals surface area contributed by atoms with E-state index in [0.29, 0.717) is 0 Å². The number of carbonyl (C=O) groups excluding carboxylic acids is 1. The van der Waals surface area contributed by atoms with E-state index in [1.165, 1.54) is 29.7 Å². The number of nitrogens with one attached hydrogen (secondary N) is 1. The van der Waals surface area contributed by atoms with Gasteiger partial charge in [-0.2, -0.15) is 0 Å². The molecule has 0 bridgehead atoms. The van der Waals surface area contributed by atoms with Gasteiger partial charge in [-0.25, -0.2) is 0 Å². The third-order valence-electron chi connectivity index (χ3n) is 4.45. The van der Waals surface area contributed by atoms with E-state index in [0.717, 1.165) is 31.6 Å². The summed E-state index contributed by atoms with van der Waals surface area (Å²) in [5.41, 5.74) is 5.19. The molecule has 0 saturated heterocycles. The number of amides is 1. The largest absolute Gasteiger partial charge is 0.385 e. The molecule has 1 amide bonds. The van der Waals surface area contributed by atoms with Gasteiger partial charge in [-0.3, -0.25) is 4.79 Å². The lowest BCUT2D eigenvalue weighted by atomic mass is 10.0. The molecule has 0 aromatic heterocycles. The molecule has 3 nitrogen and oxygen atoms in total. The molecule has 4 rings (SSSR count). The standard InChI is InChI=1S/C11H13NO.C9H11N/c1-9(13)12-8-4-6-10-5-2-3-7-11(10)12;1-2-6-9-8(4-1)5-3-7-10-9/h2-3,5,7H,4,6,8H2,1H3;1-2,4,6,10H,3,5,7H2. The van der Waals surface area contributed by atoms with Crippen LogP contribution < -0.4 is 10.2 Å². The molecule has 0 spiro atoms. The average Bonchev–Trinajstić information content (AvgIpc) is 2.62. The maximum atomic E-state index is 11.3. The highest BCUT2D eigenvalue weighted by molar-refractivity contribution is 5.92. The zero-order chi connectivity index (χ0) is 16.1. The van der Waals surface area contributed by atoms with Crippen LogP contribution in [0.1, 0.15) is 30.9 Å². The van der Waals surface area contributed by atoms with Crippen LogP contribution in [0.5, 0.6) is 0 Å². The Kier molecular flexibility index (Phi) is 4.96. The fourth-order valence-corrected chi connectivity index (χ4v) is 3.27. The van der Waals surface area contributed by atoms with Crippen molar-refractivity contribution >= 4 is 17.3 Å². The van der Waals surface area contributed by atoms with Gasteiger partial charge < -0.3 is 10.2 Å². The van der Waals surface area contributed by atoms with E-state index in [4.69, 9.17) is 0 Å². The Balaban J connectivity index is 0.000000140. The molecule has 0 aliphatic carbocycles. The van der Waals surface area contributed by atoms with Crippen LogP contribution in [0.15, 0.2) is 48.5 Å². The Morgan fingerprint density at radius 2 is 1.65 bits per heavy atom. The molecule has 2 aliphatic rings. The Morgan fingerprint density at radius 1 is 0.957 bits per heavy atom. The molecule has 23 heavy (non-hydrogen) atoms. The third kappa shape index (κ3) is 3.73. The fraction of sp³-hybridized carbons (Fsp3) is 0.350. The summed E-state index contributed by atoms with van der Waals surface area (Å²) >= 11 is 0. The van der Waals surface area contributed by atoms with Gasteiger partial charge in [-0.05, 0) is 48.9 Å². The van der Waals surface area contributed by atoms with E-state index in [-0.39, 0.29) is 5.91 Å². The van der Waals surface area contributed by atoms with Crippen LogP contribution in [0.25, 0.3) is 0 Å². The van der Waals surface area contributed by atoms with E-state index < -0.39 is 0 Å². The highest BCUT2D eigenvalue weighted by atomic mass is 16.2. The summed E-state index contributed by atoms with van der Waals surface area (Å²) in [5, 5.41) is 3.36. The van der Waals surface area contributed by atoms with Gasteiger partial charge >= 0.3 is 0 Å². The van der Waals surface area contributed by atoms with Crippen LogP contribution in [-0.4, -0.2) is 19.0 Å². The Morgan fingerprint density at radius 3 is 2.43 bits per heavy atom. The Bertz CT molecular complexity index is 656. The van der Waals surface area contributed by atoms with Crippen LogP contribution in [0, 0.1) is 0 Å². The first kappa shape index (κ1) is 15.6. The predicted octanol–water partition coefficient (Wildman–Crippen LogP) is 4.03. The number of carbonyl (C=O) groups is 1. The summed E-state index contributed by atoms with van der Waals surface area (Å²) in [4.78, 5) is 13.1. The first-order valence-corrected chi connectivity index (χ1v) is 8.43. The minimum atomic E-state index is 0.146. The smallest absolute Gasteiger partial charge is 0.223 e. The lowest BCUT2D eigenvalue weighted by Gasteiger charge is -2.28. The summed E-state index contributed by atoms with van der Waals surface area (Å²) in [6.07, 6.45) is 4.69. The molecule has 2 heterocycles. The lowest BCUT2D eigenvalue weighted by Crippen LogP contribution is -2.33. The van der Waals surface area contributed by atoms with Crippen LogP contribution in [0.2, 0.25) is 0 Å². The van der Waals surface area contributed by atoms with Gasteiger partial charge in [0.25, 0.3) is 0 Å². The van der Waals surface area contributed by atoms with Crippen molar-refractivity contribution < 1.29 is 4.79 Å². The van der Waals surface area contributed by atoms with E-state index in [1.807, 2.05) is 23.1 Å². The molecule has 120 valence electrons. The van der Waals surface area contributed by atoms with Crippen molar-refractivity contribution in [3.05, 3.63) is 59.7 Å². The molecule has 2 aromatic rings. The average molecular weight is 308 g/mol. The molecular formula is C20H24N2O. The predicted molar refractivity (Wildman–Crippen MR) is 96.0 cm³/mol. The first-order valence-electron chi connectivity index (χ1n) is 8.43. The normalized spacial score (nSPS) is 15.4. The summed E-state index contributed by atoms with van der Waals surface area (Å²) in [6, 6.07) is 16.7. The number of para-hydroxylation sites is 2. The Hall–Kier alpha value is -2.29. The van der Waals surface area contributed by atoms with Gasteiger partial charge in [-0.1, -0.05) is 36.4 Å². The SMILES string of the molecule is CC(=O)N1CCCc2ccccc21.c1ccc2c(c1)CCCN2. The first-order chi connectivity index (χ1) is 11.3. The number of rotatable bonds is 0. The van der Waals surface area contributed by atoms with Crippen LogP contribution in [0.4, 0.5) is 11.4 Å². The topological polar surface area (TPSA) is 32.3 Å². The monoisotopic (exact) mass is 308 g/mol. The van der Waals surface area contributed by atoms with E-state index >= 15 is 0 Å². The maximum absolute atomic E-state index is 11.3. The van der Waals surface area contributed by atoms with Crippen molar-refractivity contribution in [1.82, 2.24) is 0 Å². The molecule has 0 saturated carbocycles. The molecule has 1 N–H and O–H groups in total. The molecule has 0 fully saturated rings. The van der Waals surface area contributed by atoms with Crippen LogP contribution in [0.3, 0.4) is 0 Å². The number of anilines is 2. The molecule has 0 unspecified atom stereocenters. The van der Waals surface area contributed by atoms with Gasteiger partial charge in [0.05, 0.1) is 0 Å². The summed E-state index contributed by atoms with van der Waals surface area (Å²) in [7, 11) is 0. The number of hydrogen-bond donors (Lipinski definition) is 1. The second kappa shape index (κ2) is 7.32. The van der Waals surface area contributed by atoms with Crippen molar-refractivity contribution in [2.75, 3.05) is 23.3 Å². The quantitative estimate of drug-likeness (QED) is 0.797. The second-order valence-electron chi connectivity index (χ2n) is 6.09. The van der Waals surface area contributed by atoms with Crippen LogP contribution in [-0.2, 0) is 17.6 Å². The van der Waals surface area contributed by atoms with Gasteiger partial charge in [0.15, 0.2) is 0 Å². The van der Waals surface area contributed by atoms with Crippen molar-refractivity contribution in [3.8, 4) is 0 Å². The molecule has 2 aromatic carbocycles. The van der Waals surface area contributed by atoms with Crippen LogP contribution >= 0.6 is 0 Å². The molecule has 0 radical (unpaired) electrons. The molecule has 2 aliphatic heterocycles. The van der Waals surface area contributed by atoms with Crippen molar-refractivity contribution in [2.45, 2.75) is 32.6 Å². The van der Waals surface area contributed by atoms with Crippen molar-refractivity contribution in [3.63, 3.8) is 0 Å². The summed E-state index contributed by atoms with van der Waals surface area (Å²) in [5.74, 6) is 0.146. The van der Waals surface area contributed by atoms with Gasteiger partial charge in [-0.15, -0.1) is 0 Å². The zero-order valence-corrected chi connectivity index (χ0v) is 13.7. The summed E-state index contributed by atoms with van der Waals surface area (Å²) < 4.78 is 0. The van der Waals surface area contributed by atoms with Crippen molar-refractivity contribution in [2.24, 2.45) is 0 Å².